The van der Waals surface area contributed by atoms with E-state index in [1.54, 1.807) is 0 Å². The third-order valence-corrected chi connectivity index (χ3v) is 2.08. The number of hydrogen-bond acceptors (Lipinski definition) is 3. The number of ether oxygens (including phenoxy) is 2. The molecule has 14 heavy (non-hydrogen) atoms. The van der Waals surface area contributed by atoms with E-state index in [4.69, 9.17) is 14.6 Å². The van der Waals surface area contributed by atoms with Gasteiger partial charge in [-0.2, -0.15) is 0 Å². The summed E-state index contributed by atoms with van der Waals surface area (Å²) in [6, 6.07) is 7.38. The van der Waals surface area contributed by atoms with Gasteiger partial charge >= 0.3 is 5.97 Å². The third-order valence-electron chi connectivity index (χ3n) is 2.08. The first kappa shape index (κ1) is 9.02. The van der Waals surface area contributed by atoms with Crippen LogP contribution in [0.3, 0.4) is 0 Å². The molecule has 1 aromatic rings. The molecule has 1 aliphatic heterocycles. The Bertz CT molecular complexity index is 321. The SMILES string of the molecule is O=C(O)C1COc2ccccc2CO1. The minimum Gasteiger partial charge on any atom is -0.490 e. The Morgan fingerprint density at radius 1 is 1.43 bits per heavy atom. The van der Waals surface area contributed by atoms with Gasteiger partial charge in [0, 0.05) is 5.56 Å². The predicted molar refractivity (Wildman–Crippen MR) is 48.1 cm³/mol. The molecule has 0 spiro atoms. The summed E-state index contributed by atoms with van der Waals surface area (Å²) in [5.41, 5.74) is 0.885. The van der Waals surface area contributed by atoms with Crippen LogP contribution in [-0.4, -0.2) is 23.8 Å². The van der Waals surface area contributed by atoms with E-state index in [1.807, 2.05) is 24.3 Å². The molecular weight excluding hydrogens is 184 g/mol. The van der Waals surface area contributed by atoms with E-state index < -0.39 is 12.1 Å². The topological polar surface area (TPSA) is 55.8 Å². The molecule has 0 amide bonds. The van der Waals surface area contributed by atoms with Crippen LogP contribution in [0.5, 0.6) is 5.75 Å². The van der Waals surface area contributed by atoms with Gasteiger partial charge in [0.2, 0.25) is 0 Å². The normalized spacial score (nSPS) is 20.4. The number of fused-ring (bicyclic) bond motifs is 1. The Morgan fingerprint density at radius 2 is 2.21 bits per heavy atom. The molecule has 4 heteroatoms. The second-order valence-corrected chi connectivity index (χ2v) is 3.06. The van der Waals surface area contributed by atoms with Crippen molar-refractivity contribution in [3.05, 3.63) is 29.8 Å². The fourth-order valence-corrected chi connectivity index (χ4v) is 1.31. The van der Waals surface area contributed by atoms with Crippen molar-refractivity contribution in [2.75, 3.05) is 6.61 Å². The molecule has 4 nitrogen and oxygen atoms in total. The van der Waals surface area contributed by atoms with Gasteiger partial charge in [0.25, 0.3) is 0 Å². The highest BCUT2D eigenvalue weighted by atomic mass is 16.6. The largest absolute Gasteiger partial charge is 0.490 e. The maximum absolute atomic E-state index is 10.7. The van der Waals surface area contributed by atoms with Crippen LogP contribution in [0, 0.1) is 0 Å². The van der Waals surface area contributed by atoms with E-state index in [0.29, 0.717) is 5.75 Å². The highest BCUT2D eigenvalue weighted by molar-refractivity contribution is 5.72. The number of carboxylic acids is 1. The second kappa shape index (κ2) is 3.67. The maximum atomic E-state index is 10.7. The van der Waals surface area contributed by atoms with Gasteiger partial charge in [-0.15, -0.1) is 0 Å². The highest BCUT2D eigenvalue weighted by Gasteiger charge is 2.23. The highest BCUT2D eigenvalue weighted by Crippen LogP contribution is 2.22. The van der Waals surface area contributed by atoms with Crippen LogP contribution in [0.15, 0.2) is 24.3 Å². The Kier molecular flexibility index (Phi) is 2.37. The summed E-state index contributed by atoms with van der Waals surface area (Å²) in [6.07, 6.45) is -0.873. The van der Waals surface area contributed by atoms with Gasteiger partial charge in [-0.05, 0) is 6.07 Å². The van der Waals surface area contributed by atoms with E-state index in [2.05, 4.69) is 0 Å². The Hall–Kier alpha value is -1.55. The molecule has 0 saturated carbocycles. The molecule has 1 aliphatic rings. The monoisotopic (exact) mass is 194 g/mol. The number of carboxylic acid groups (broad SMARTS) is 1. The first-order valence-corrected chi connectivity index (χ1v) is 4.32. The molecule has 0 fully saturated rings. The molecule has 1 aromatic carbocycles. The van der Waals surface area contributed by atoms with Crippen molar-refractivity contribution >= 4 is 5.97 Å². The number of carbonyl (C=O) groups is 1. The Balaban J connectivity index is 2.18. The van der Waals surface area contributed by atoms with Gasteiger partial charge in [-0.3, -0.25) is 0 Å². The number of rotatable bonds is 1. The van der Waals surface area contributed by atoms with E-state index in [1.165, 1.54) is 0 Å². The molecule has 2 rings (SSSR count). The molecular formula is C10H10O4. The van der Waals surface area contributed by atoms with Crippen LogP contribution in [-0.2, 0) is 16.1 Å². The van der Waals surface area contributed by atoms with Crippen molar-refractivity contribution in [2.45, 2.75) is 12.7 Å². The molecule has 0 saturated heterocycles. The first-order valence-electron chi connectivity index (χ1n) is 4.32. The Morgan fingerprint density at radius 3 is 3.00 bits per heavy atom. The van der Waals surface area contributed by atoms with Gasteiger partial charge in [0.05, 0.1) is 6.61 Å². The van der Waals surface area contributed by atoms with E-state index in [9.17, 15) is 4.79 Å². The molecule has 1 atom stereocenters. The zero-order chi connectivity index (χ0) is 9.97. The summed E-state index contributed by atoms with van der Waals surface area (Å²) in [4.78, 5) is 10.7. The van der Waals surface area contributed by atoms with Crippen molar-refractivity contribution in [3.63, 3.8) is 0 Å². The number of benzene rings is 1. The first-order chi connectivity index (χ1) is 6.77. The smallest absolute Gasteiger partial charge is 0.336 e. The average Bonchev–Trinajstić information content (AvgIpc) is 2.39. The van der Waals surface area contributed by atoms with E-state index in [-0.39, 0.29) is 13.2 Å². The zero-order valence-electron chi connectivity index (χ0n) is 7.47. The molecule has 1 N–H and O–H groups in total. The van der Waals surface area contributed by atoms with Crippen molar-refractivity contribution < 1.29 is 19.4 Å². The van der Waals surface area contributed by atoms with Crippen molar-refractivity contribution in [1.82, 2.24) is 0 Å². The van der Waals surface area contributed by atoms with Gasteiger partial charge in [-0.1, -0.05) is 18.2 Å². The van der Waals surface area contributed by atoms with Crippen LogP contribution in [0.25, 0.3) is 0 Å². The summed E-state index contributed by atoms with van der Waals surface area (Å²) in [5, 5.41) is 8.74. The average molecular weight is 194 g/mol. The van der Waals surface area contributed by atoms with Crippen molar-refractivity contribution in [2.24, 2.45) is 0 Å². The molecule has 1 heterocycles. The summed E-state index contributed by atoms with van der Waals surface area (Å²) >= 11 is 0. The number of aliphatic carboxylic acids is 1. The minimum atomic E-state index is -0.988. The van der Waals surface area contributed by atoms with Crippen LogP contribution in [0.4, 0.5) is 0 Å². The van der Waals surface area contributed by atoms with Crippen molar-refractivity contribution in [3.8, 4) is 5.75 Å². The third kappa shape index (κ3) is 1.70. The molecule has 1 unspecified atom stereocenters. The lowest BCUT2D eigenvalue weighted by Crippen LogP contribution is -2.28. The molecule has 0 bridgehead atoms. The number of para-hydroxylation sites is 1. The quantitative estimate of drug-likeness (QED) is 0.726. The van der Waals surface area contributed by atoms with Crippen LogP contribution >= 0.6 is 0 Å². The van der Waals surface area contributed by atoms with Gasteiger partial charge in [0.15, 0.2) is 6.10 Å². The summed E-state index contributed by atoms with van der Waals surface area (Å²) in [7, 11) is 0. The summed E-state index contributed by atoms with van der Waals surface area (Å²) < 4.78 is 10.5. The second-order valence-electron chi connectivity index (χ2n) is 3.06. The molecule has 0 aromatic heterocycles. The standard InChI is InChI=1S/C10H10O4/c11-10(12)9-6-14-8-4-2-1-3-7(8)5-13-9/h1-4,9H,5-6H2,(H,11,12). The molecule has 74 valence electrons. The Labute approximate surface area is 81.1 Å². The van der Waals surface area contributed by atoms with Crippen LogP contribution in [0.1, 0.15) is 5.56 Å². The van der Waals surface area contributed by atoms with E-state index in [0.717, 1.165) is 5.56 Å². The van der Waals surface area contributed by atoms with Crippen LogP contribution < -0.4 is 4.74 Å². The van der Waals surface area contributed by atoms with Crippen LogP contribution in [0.2, 0.25) is 0 Å². The van der Waals surface area contributed by atoms with Gasteiger partial charge in [0.1, 0.15) is 12.4 Å². The van der Waals surface area contributed by atoms with Crippen molar-refractivity contribution in [1.29, 1.82) is 0 Å². The fourth-order valence-electron chi connectivity index (χ4n) is 1.31. The predicted octanol–water partition coefficient (Wildman–Crippen LogP) is 1.05. The molecule has 0 aliphatic carbocycles. The molecule has 0 radical (unpaired) electrons. The maximum Gasteiger partial charge on any atom is 0.336 e. The van der Waals surface area contributed by atoms with E-state index >= 15 is 0 Å². The minimum absolute atomic E-state index is 0.0619. The van der Waals surface area contributed by atoms with Gasteiger partial charge in [-0.25, -0.2) is 4.79 Å². The lowest BCUT2D eigenvalue weighted by atomic mass is 10.2. The zero-order valence-corrected chi connectivity index (χ0v) is 7.47. The lowest BCUT2D eigenvalue weighted by molar-refractivity contribution is -0.152. The lowest BCUT2D eigenvalue weighted by Gasteiger charge is -2.08. The van der Waals surface area contributed by atoms with Gasteiger partial charge < -0.3 is 14.6 Å². The number of hydrogen-bond donors (Lipinski definition) is 1. The summed E-state index contributed by atoms with van der Waals surface area (Å²) in [6.45, 7) is 0.347. The summed E-state index contributed by atoms with van der Waals surface area (Å²) in [5.74, 6) is -0.283. The fraction of sp³-hybridized carbons (Fsp3) is 0.300.